The van der Waals surface area contributed by atoms with Gasteiger partial charge in [-0.2, -0.15) is 0 Å². The molecule has 29 heavy (non-hydrogen) atoms. The lowest BCUT2D eigenvalue weighted by Crippen LogP contribution is -2.43. The van der Waals surface area contributed by atoms with E-state index < -0.39 is 0 Å². The molecule has 2 heterocycles. The quantitative estimate of drug-likeness (QED) is 0.555. The van der Waals surface area contributed by atoms with Crippen LogP contribution in [0.25, 0.3) is 10.2 Å². The molecule has 0 N–H and O–H groups in total. The van der Waals surface area contributed by atoms with Gasteiger partial charge in [0.2, 0.25) is 5.91 Å². The number of amides is 1. The number of halogens is 2. The number of benzene rings is 2. The molecule has 4 rings (SSSR count). The van der Waals surface area contributed by atoms with Crippen LogP contribution in [0.4, 0.5) is 5.13 Å². The Labute approximate surface area is 183 Å². The van der Waals surface area contributed by atoms with Gasteiger partial charge >= 0.3 is 0 Å². The molecule has 0 atom stereocenters. The van der Waals surface area contributed by atoms with E-state index in [-0.39, 0.29) is 12.3 Å². The van der Waals surface area contributed by atoms with E-state index in [4.69, 9.17) is 27.9 Å². The predicted molar refractivity (Wildman–Crippen MR) is 119 cm³/mol. The standard InChI is InChI=1S/C21H21Cl2N3O2S/c22-16-5-2-1-4-15(16)14-19(27)26(9-8-25-10-12-28-13-11-25)21-24-20-17(23)6-3-7-18(20)29-21/h1-7H,8-14H2. The van der Waals surface area contributed by atoms with Gasteiger partial charge in [-0.05, 0) is 23.8 Å². The van der Waals surface area contributed by atoms with E-state index in [2.05, 4.69) is 9.88 Å². The summed E-state index contributed by atoms with van der Waals surface area (Å²) in [6.45, 7) is 4.52. The van der Waals surface area contributed by atoms with Gasteiger partial charge in [-0.3, -0.25) is 14.6 Å². The lowest BCUT2D eigenvalue weighted by molar-refractivity contribution is -0.118. The Hall–Kier alpha value is -1.70. The van der Waals surface area contributed by atoms with Crippen LogP contribution in [0, 0.1) is 0 Å². The monoisotopic (exact) mass is 449 g/mol. The first-order valence-electron chi connectivity index (χ1n) is 9.51. The van der Waals surface area contributed by atoms with E-state index >= 15 is 0 Å². The van der Waals surface area contributed by atoms with Gasteiger partial charge in [-0.1, -0.05) is 58.8 Å². The number of fused-ring (bicyclic) bond motifs is 1. The summed E-state index contributed by atoms with van der Waals surface area (Å²) in [5, 5.41) is 1.86. The molecular weight excluding hydrogens is 429 g/mol. The predicted octanol–water partition coefficient (Wildman–Crippen LogP) is 4.51. The molecule has 152 valence electrons. The van der Waals surface area contributed by atoms with E-state index in [0.29, 0.717) is 21.7 Å². The van der Waals surface area contributed by atoms with Crippen LogP contribution in [0.1, 0.15) is 5.56 Å². The van der Waals surface area contributed by atoms with Crippen molar-refractivity contribution in [3.05, 3.63) is 58.1 Å². The molecule has 1 aliphatic rings. The van der Waals surface area contributed by atoms with Gasteiger partial charge in [0, 0.05) is 31.2 Å². The molecule has 2 aromatic carbocycles. The van der Waals surface area contributed by atoms with E-state index in [9.17, 15) is 4.79 Å². The Morgan fingerprint density at radius 3 is 2.62 bits per heavy atom. The molecule has 1 aromatic heterocycles. The number of carbonyl (C=O) groups is 1. The molecule has 1 fully saturated rings. The van der Waals surface area contributed by atoms with Gasteiger partial charge in [0.1, 0.15) is 5.52 Å². The van der Waals surface area contributed by atoms with E-state index in [1.165, 1.54) is 11.3 Å². The third kappa shape index (κ3) is 4.90. The molecule has 5 nitrogen and oxygen atoms in total. The minimum atomic E-state index is -0.0264. The fourth-order valence-electron chi connectivity index (χ4n) is 3.31. The summed E-state index contributed by atoms with van der Waals surface area (Å²) < 4.78 is 6.39. The van der Waals surface area contributed by atoms with E-state index in [1.54, 1.807) is 11.0 Å². The maximum absolute atomic E-state index is 13.3. The molecule has 1 saturated heterocycles. The molecule has 1 amide bonds. The third-order valence-corrected chi connectivity index (χ3v) is 6.65. The highest BCUT2D eigenvalue weighted by molar-refractivity contribution is 7.22. The minimum absolute atomic E-state index is 0.0264. The summed E-state index contributed by atoms with van der Waals surface area (Å²) in [5.74, 6) is -0.0264. The second-order valence-electron chi connectivity index (χ2n) is 6.85. The van der Waals surface area contributed by atoms with Gasteiger partial charge < -0.3 is 4.74 Å². The maximum atomic E-state index is 13.3. The van der Waals surface area contributed by atoms with Crippen LogP contribution >= 0.6 is 34.5 Å². The Kier molecular flexibility index (Phi) is 6.67. The zero-order valence-corrected chi connectivity index (χ0v) is 18.1. The fourth-order valence-corrected chi connectivity index (χ4v) is 4.82. The Bertz CT molecular complexity index is 1000. The van der Waals surface area contributed by atoms with Crippen LogP contribution in [0.15, 0.2) is 42.5 Å². The number of thiazole rings is 1. The number of ether oxygens (including phenoxy) is 1. The SMILES string of the molecule is O=C(Cc1ccccc1Cl)N(CCN1CCOCC1)c1nc2c(Cl)cccc2s1. The Balaban J connectivity index is 1.59. The molecular formula is C21H21Cl2N3O2S. The topological polar surface area (TPSA) is 45.7 Å². The smallest absolute Gasteiger partial charge is 0.233 e. The van der Waals surface area contributed by atoms with Crippen molar-refractivity contribution in [1.29, 1.82) is 0 Å². The average Bonchev–Trinajstić information content (AvgIpc) is 3.16. The molecule has 0 spiro atoms. The van der Waals surface area contributed by atoms with Crippen LogP contribution in [0.5, 0.6) is 0 Å². The van der Waals surface area contributed by atoms with Crippen molar-refractivity contribution in [1.82, 2.24) is 9.88 Å². The lowest BCUT2D eigenvalue weighted by atomic mass is 10.1. The van der Waals surface area contributed by atoms with Crippen LogP contribution in [0.3, 0.4) is 0 Å². The van der Waals surface area contributed by atoms with Crippen molar-refractivity contribution in [3.63, 3.8) is 0 Å². The Morgan fingerprint density at radius 1 is 1.10 bits per heavy atom. The van der Waals surface area contributed by atoms with Crippen LogP contribution < -0.4 is 4.90 Å². The number of hydrogen-bond donors (Lipinski definition) is 0. The number of hydrogen-bond acceptors (Lipinski definition) is 5. The summed E-state index contributed by atoms with van der Waals surface area (Å²) in [5.41, 5.74) is 1.55. The second kappa shape index (κ2) is 9.41. The van der Waals surface area contributed by atoms with Crippen molar-refractivity contribution in [3.8, 4) is 0 Å². The molecule has 0 unspecified atom stereocenters. The van der Waals surface area contributed by atoms with Crippen molar-refractivity contribution < 1.29 is 9.53 Å². The number of rotatable bonds is 6. The molecule has 8 heteroatoms. The fraction of sp³-hybridized carbons (Fsp3) is 0.333. The highest BCUT2D eigenvalue weighted by atomic mass is 35.5. The molecule has 3 aromatic rings. The van der Waals surface area contributed by atoms with Crippen molar-refractivity contribution in [2.75, 3.05) is 44.3 Å². The number of nitrogens with zero attached hydrogens (tertiary/aromatic N) is 3. The first-order valence-corrected chi connectivity index (χ1v) is 11.1. The van der Waals surface area contributed by atoms with Gasteiger partial charge in [0.05, 0.1) is 29.4 Å². The summed E-state index contributed by atoms with van der Waals surface area (Å²) in [4.78, 5) is 22.0. The average molecular weight is 450 g/mol. The van der Waals surface area contributed by atoms with Crippen LogP contribution in [-0.2, 0) is 16.0 Å². The maximum Gasteiger partial charge on any atom is 0.233 e. The number of carbonyl (C=O) groups excluding carboxylic acids is 1. The van der Waals surface area contributed by atoms with Crippen molar-refractivity contribution >= 4 is 55.8 Å². The minimum Gasteiger partial charge on any atom is -0.379 e. The number of morpholine rings is 1. The zero-order chi connectivity index (χ0) is 20.2. The number of anilines is 1. The molecule has 0 radical (unpaired) electrons. The number of aromatic nitrogens is 1. The molecule has 0 saturated carbocycles. The van der Waals surface area contributed by atoms with E-state index in [1.807, 2.05) is 36.4 Å². The second-order valence-corrected chi connectivity index (χ2v) is 8.67. The van der Waals surface area contributed by atoms with Crippen molar-refractivity contribution in [2.45, 2.75) is 6.42 Å². The first-order chi connectivity index (χ1) is 14.1. The summed E-state index contributed by atoms with van der Waals surface area (Å²) in [6.07, 6.45) is 0.229. The first kappa shape index (κ1) is 20.6. The van der Waals surface area contributed by atoms with Gasteiger partial charge in [0.25, 0.3) is 0 Å². The number of para-hydroxylation sites is 1. The lowest BCUT2D eigenvalue weighted by Gasteiger charge is -2.29. The molecule has 1 aliphatic heterocycles. The van der Waals surface area contributed by atoms with Gasteiger partial charge in [-0.25, -0.2) is 4.98 Å². The third-order valence-electron chi connectivity index (χ3n) is 4.93. The summed E-state index contributed by atoms with van der Waals surface area (Å²) in [7, 11) is 0. The van der Waals surface area contributed by atoms with Gasteiger partial charge in [0.15, 0.2) is 5.13 Å². The molecule has 0 bridgehead atoms. The highest BCUT2D eigenvalue weighted by Crippen LogP contribution is 2.33. The largest absolute Gasteiger partial charge is 0.379 e. The molecule has 0 aliphatic carbocycles. The highest BCUT2D eigenvalue weighted by Gasteiger charge is 2.23. The zero-order valence-electron chi connectivity index (χ0n) is 15.8. The van der Waals surface area contributed by atoms with Crippen LogP contribution in [0.2, 0.25) is 10.0 Å². The Morgan fingerprint density at radius 2 is 1.86 bits per heavy atom. The van der Waals surface area contributed by atoms with Gasteiger partial charge in [-0.15, -0.1) is 0 Å². The summed E-state index contributed by atoms with van der Waals surface area (Å²) in [6, 6.07) is 13.1. The van der Waals surface area contributed by atoms with Crippen LogP contribution in [-0.4, -0.2) is 55.2 Å². The normalized spacial score (nSPS) is 15.0. The van der Waals surface area contributed by atoms with Crippen molar-refractivity contribution in [2.24, 2.45) is 0 Å². The summed E-state index contributed by atoms with van der Waals surface area (Å²) >= 11 is 14.1. The van der Waals surface area contributed by atoms with E-state index in [0.717, 1.165) is 48.6 Å².